The number of benzene rings is 2. The number of thiophene rings is 1. The fourth-order valence-corrected chi connectivity index (χ4v) is 4.71. The molecule has 6 rings (SSSR count). The van der Waals surface area contributed by atoms with Gasteiger partial charge in [-0.2, -0.15) is 5.10 Å². The Kier molecular flexibility index (Phi) is 4.59. The summed E-state index contributed by atoms with van der Waals surface area (Å²) < 4.78 is 10.9. The Morgan fingerprint density at radius 3 is 2.78 bits per heavy atom. The number of nitrogens with zero attached hydrogens (tertiary/aromatic N) is 4. The monoisotopic (exact) mass is 459 g/mol. The lowest BCUT2D eigenvalue weighted by Gasteiger charge is -2.06. The molecule has 0 saturated heterocycles. The normalized spacial score (nSPS) is 12.8. The molecule has 0 saturated carbocycles. The zero-order valence-corrected chi connectivity index (χ0v) is 18.0. The summed E-state index contributed by atoms with van der Waals surface area (Å²) in [6, 6.07) is 15.8. The molecule has 7 nitrogen and oxygen atoms in total. The van der Waals surface area contributed by atoms with E-state index in [0.29, 0.717) is 28.0 Å². The Morgan fingerprint density at radius 2 is 1.91 bits per heavy atom. The highest BCUT2D eigenvalue weighted by Gasteiger charge is 2.16. The number of anilines is 1. The van der Waals surface area contributed by atoms with Crippen molar-refractivity contribution in [3.63, 3.8) is 0 Å². The van der Waals surface area contributed by atoms with Crippen LogP contribution in [0.4, 0.5) is 5.82 Å². The van der Waals surface area contributed by atoms with Crippen LogP contribution in [0.2, 0.25) is 5.15 Å². The number of hydrazone groups is 1. The summed E-state index contributed by atoms with van der Waals surface area (Å²) in [6.07, 6.45) is 3.15. The van der Waals surface area contributed by atoms with Gasteiger partial charge in [-0.05, 0) is 17.7 Å². The first kappa shape index (κ1) is 19.0. The van der Waals surface area contributed by atoms with E-state index in [1.807, 2.05) is 36.4 Å². The van der Waals surface area contributed by atoms with Crippen LogP contribution in [0.15, 0.2) is 65.3 Å². The van der Waals surface area contributed by atoms with Crippen LogP contribution in [0.3, 0.4) is 0 Å². The Morgan fingerprint density at radius 1 is 1.06 bits per heavy atom. The van der Waals surface area contributed by atoms with E-state index >= 15 is 0 Å². The van der Waals surface area contributed by atoms with Gasteiger partial charge in [-0.3, -0.25) is 5.43 Å². The maximum Gasteiger partial charge on any atom is 0.231 e. The number of ether oxygens (including phenoxy) is 2. The summed E-state index contributed by atoms with van der Waals surface area (Å²) in [5, 5.41) is 8.61. The average molecular weight is 460 g/mol. The van der Waals surface area contributed by atoms with Gasteiger partial charge in [0.1, 0.15) is 16.3 Å². The molecule has 0 spiro atoms. The minimum absolute atomic E-state index is 0.207. The first-order chi connectivity index (χ1) is 15.8. The van der Waals surface area contributed by atoms with Gasteiger partial charge in [0.05, 0.1) is 17.1 Å². The SMILES string of the molecule is Clc1nc2cc3c(cc2cc1C=NNc1ncnc2scc(-c4ccccc4)c12)OCO3. The minimum atomic E-state index is 0.207. The van der Waals surface area contributed by atoms with Gasteiger partial charge in [0.15, 0.2) is 17.3 Å². The topological polar surface area (TPSA) is 81.5 Å². The predicted molar refractivity (Wildman–Crippen MR) is 127 cm³/mol. The van der Waals surface area contributed by atoms with E-state index in [1.54, 1.807) is 17.6 Å². The van der Waals surface area contributed by atoms with Gasteiger partial charge < -0.3 is 9.47 Å². The molecule has 1 aliphatic heterocycles. The van der Waals surface area contributed by atoms with E-state index in [0.717, 1.165) is 32.2 Å². The van der Waals surface area contributed by atoms with Crippen molar-refractivity contribution < 1.29 is 9.47 Å². The van der Waals surface area contributed by atoms with Crippen LogP contribution in [-0.2, 0) is 0 Å². The van der Waals surface area contributed by atoms with Gasteiger partial charge in [0.25, 0.3) is 0 Å². The third-order valence-corrected chi connectivity index (χ3v) is 6.31. The second-order valence-corrected chi connectivity index (χ2v) is 8.27. The lowest BCUT2D eigenvalue weighted by molar-refractivity contribution is 0.174. The summed E-state index contributed by atoms with van der Waals surface area (Å²) in [6.45, 7) is 0.207. The maximum absolute atomic E-state index is 6.39. The van der Waals surface area contributed by atoms with E-state index in [9.17, 15) is 0 Å². The molecule has 0 atom stereocenters. The van der Waals surface area contributed by atoms with Crippen molar-refractivity contribution in [2.75, 3.05) is 12.2 Å². The molecule has 0 bridgehead atoms. The number of aromatic nitrogens is 3. The first-order valence-electron chi connectivity index (χ1n) is 9.73. The zero-order chi connectivity index (χ0) is 21.5. The minimum Gasteiger partial charge on any atom is -0.454 e. The standard InChI is InChI=1S/C23H14ClN5O2S/c24-21-15(6-14-7-18-19(31-12-30-18)8-17(14)28-21)9-27-29-22-20-16(13-4-2-1-3-5-13)10-32-23(20)26-11-25-22/h1-11H,12H2,(H,25,26,29). The Balaban J connectivity index is 1.34. The van der Waals surface area contributed by atoms with Gasteiger partial charge >= 0.3 is 0 Å². The lowest BCUT2D eigenvalue weighted by atomic mass is 10.1. The molecular formula is C23H14ClN5O2S. The number of halogens is 1. The number of pyridine rings is 1. The zero-order valence-electron chi connectivity index (χ0n) is 16.4. The van der Waals surface area contributed by atoms with Crippen LogP contribution in [0.1, 0.15) is 5.56 Å². The molecule has 4 heterocycles. The third kappa shape index (κ3) is 3.30. The van der Waals surface area contributed by atoms with Crippen molar-refractivity contribution in [1.82, 2.24) is 15.0 Å². The molecule has 156 valence electrons. The maximum atomic E-state index is 6.39. The fourth-order valence-electron chi connectivity index (χ4n) is 3.60. The molecule has 1 N–H and O–H groups in total. The smallest absolute Gasteiger partial charge is 0.231 e. The largest absolute Gasteiger partial charge is 0.454 e. The summed E-state index contributed by atoms with van der Waals surface area (Å²) in [4.78, 5) is 14.1. The number of nitrogens with one attached hydrogen (secondary N) is 1. The number of hydrogen-bond donors (Lipinski definition) is 1. The highest BCUT2D eigenvalue weighted by molar-refractivity contribution is 7.17. The van der Waals surface area contributed by atoms with Crippen LogP contribution in [-0.4, -0.2) is 28.0 Å². The van der Waals surface area contributed by atoms with Crippen molar-refractivity contribution in [2.24, 2.45) is 5.10 Å². The van der Waals surface area contributed by atoms with Crippen molar-refractivity contribution in [3.05, 3.63) is 71.0 Å². The molecule has 9 heteroatoms. The van der Waals surface area contributed by atoms with Crippen molar-refractivity contribution in [2.45, 2.75) is 0 Å². The van der Waals surface area contributed by atoms with Crippen molar-refractivity contribution >= 4 is 56.1 Å². The van der Waals surface area contributed by atoms with Gasteiger partial charge in [-0.25, -0.2) is 15.0 Å². The molecule has 5 aromatic rings. The van der Waals surface area contributed by atoms with Gasteiger partial charge in [-0.15, -0.1) is 11.3 Å². The number of rotatable bonds is 4. The van der Waals surface area contributed by atoms with Gasteiger partial charge in [0.2, 0.25) is 6.79 Å². The van der Waals surface area contributed by atoms with E-state index in [2.05, 4.69) is 43.0 Å². The van der Waals surface area contributed by atoms with Crippen LogP contribution in [0.5, 0.6) is 11.5 Å². The molecule has 0 amide bonds. The number of hydrogen-bond acceptors (Lipinski definition) is 8. The molecule has 0 fully saturated rings. The molecule has 1 aliphatic rings. The summed E-state index contributed by atoms with van der Waals surface area (Å²) >= 11 is 7.96. The molecule has 0 aliphatic carbocycles. The quantitative estimate of drug-likeness (QED) is 0.210. The van der Waals surface area contributed by atoms with E-state index in [-0.39, 0.29) is 6.79 Å². The Hall–Kier alpha value is -3.75. The Labute approximate surface area is 191 Å². The van der Waals surface area contributed by atoms with E-state index < -0.39 is 0 Å². The van der Waals surface area contributed by atoms with Gasteiger partial charge in [-0.1, -0.05) is 41.9 Å². The Bertz CT molecular complexity index is 1500. The van der Waals surface area contributed by atoms with Crippen LogP contribution >= 0.6 is 22.9 Å². The first-order valence-corrected chi connectivity index (χ1v) is 11.0. The van der Waals surface area contributed by atoms with E-state index in [1.165, 1.54) is 6.33 Å². The molecule has 32 heavy (non-hydrogen) atoms. The molecular weight excluding hydrogens is 446 g/mol. The lowest BCUT2D eigenvalue weighted by Crippen LogP contribution is -1.96. The van der Waals surface area contributed by atoms with Crippen LogP contribution < -0.4 is 14.9 Å². The third-order valence-electron chi connectivity index (χ3n) is 5.12. The highest BCUT2D eigenvalue weighted by Crippen LogP contribution is 2.37. The van der Waals surface area contributed by atoms with Gasteiger partial charge in [0, 0.05) is 28.0 Å². The molecule has 3 aromatic heterocycles. The highest BCUT2D eigenvalue weighted by atomic mass is 35.5. The second kappa shape index (κ2) is 7.74. The number of fused-ring (bicyclic) bond motifs is 3. The van der Waals surface area contributed by atoms with Crippen molar-refractivity contribution in [1.29, 1.82) is 0 Å². The second-order valence-electron chi connectivity index (χ2n) is 7.05. The summed E-state index contributed by atoms with van der Waals surface area (Å²) in [5.74, 6) is 1.98. The van der Waals surface area contributed by atoms with E-state index in [4.69, 9.17) is 21.1 Å². The molecule has 2 aromatic carbocycles. The average Bonchev–Trinajstić information content (AvgIpc) is 3.45. The van der Waals surface area contributed by atoms with Crippen LogP contribution in [0, 0.1) is 0 Å². The molecule has 0 radical (unpaired) electrons. The predicted octanol–water partition coefficient (Wildman–Crippen LogP) is 5.73. The molecule has 0 unspecified atom stereocenters. The summed E-state index contributed by atoms with van der Waals surface area (Å²) in [5.41, 5.74) is 6.60. The van der Waals surface area contributed by atoms with Crippen molar-refractivity contribution in [3.8, 4) is 22.6 Å². The summed E-state index contributed by atoms with van der Waals surface area (Å²) in [7, 11) is 0. The van der Waals surface area contributed by atoms with Crippen LogP contribution in [0.25, 0.3) is 32.2 Å². The fraction of sp³-hybridized carbons (Fsp3) is 0.0435.